The summed E-state index contributed by atoms with van der Waals surface area (Å²) in [5.41, 5.74) is 2.10. The molecule has 1 aromatic carbocycles. The first-order chi connectivity index (χ1) is 5.79. The maximum Gasteiger partial charge on any atom is 0.0705 e. The van der Waals surface area contributed by atoms with Crippen molar-refractivity contribution in [2.75, 3.05) is 0 Å². The SMILES string of the molecule is Cc1c(Cl)cnc2ccccc12. The average molecular weight is 178 g/mol. The number of benzene rings is 1. The quantitative estimate of drug-likeness (QED) is 0.602. The number of aryl methyl sites for hydroxylation is 1. The lowest BCUT2D eigenvalue weighted by atomic mass is 10.1. The molecule has 0 amide bonds. The number of nitrogens with zero attached hydrogens (tertiary/aromatic N) is 1. The predicted octanol–water partition coefficient (Wildman–Crippen LogP) is 3.20. The van der Waals surface area contributed by atoms with Crippen molar-refractivity contribution in [3.05, 3.63) is 41.0 Å². The molecule has 0 aliphatic heterocycles. The largest absolute Gasteiger partial charge is 0.255 e. The average Bonchev–Trinajstić information content (AvgIpc) is 2.12. The fourth-order valence-corrected chi connectivity index (χ4v) is 1.41. The lowest BCUT2D eigenvalue weighted by Crippen LogP contribution is -1.82. The van der Waals surface area contributed by atoms with Crippen LogP contribution in [0.2, 0.25) is 5.02 Å². The minimum atomic E-state index is 0.730. The van der Waals surface area contributed by atoms with Crippen LogP contribution < -0.4 is 0 Å². The Bertz CT molecular complexity index is 423. The zero-order valence-corrected chi connectivity index (χ0v) is 7.47. The molecule has 1 heterocycles. The van der Waals surface area contributed by atoms with Gasteiger partial charge in [-0.2, -0.15) is 0 Å². The van der Waals surface area contributed by atoms with Gasteiger partial charge in [0.1, 0.15) is 0 Å². The van der Waals surface area contributed by atoms with Gasteiger partial charge in [0.25, 0.3) is 0 Å². The highest BCUT2D eigenvalue weighted by Gasteiger charge is 2.00. The maximum atomic E-state index is 5.93. The molecule has 2 rings (SSSR count). The molecule has 0 aliphatic carbocycles. The summed E-state index contributed by atoms with van der Waals surface area (Å²) in [6.45, 7) is 2.01. The first-order valence-corrected chi connectivity index (χ1v) is 4.16. The molecule has 0 atom stereocenters. The van der Waals surface area contributed by atoms with Gasteiger partial charge in [-0.05, 0) is 18.6 Å². The Balaban J connectivity index is 2.91. The third kappa shape index (κ3) is 1.07. The van der Waals surface area contributed by atoms with Crippen LogP contribution in [-0.4, -0.2) is 4.98 Å². The summed E-state index contributed by atoms with van der Waals surface area (Å²) in [5, 5.41) is 1.86. The third-order valence-electron chi connectivity index (χ3n) is 1.98. The Morgan fingerprint density at radius 2 is 2.00 bits per heavy atom. The van der Waals surface area contributed by atoms with E-state index in [-0.39, 0.29) is 0 Å². The number of halogens is 1. The maximum absolute atomic E-state index is 5.93. The normalized spacial score (nSPS) is 10.5. The molecular weight excluding hydrogens is 170 g/mol. The van der Waals surface area contributed by atoms with Crippen molar-refractivity contribution in [2.45, 2.75) is 6.92 Å². The van der Waals surface area contributed by atoms with Gasteiger partial charge in [0.2, 0.25) is 0 Å². The standard InChI is InChI=1S/C10H8ClN/c1-7-8-4-2-3-5-10(8)12-6-9(7)11/h2-6H,1H3. The number of rotatable bonds is 0. The number of fused-ring (bicyclic) bond motifs is 1. The number of pyridine rings is 1. The number of para-hydroxylation sites is 1. The van der Waals surface area contributed by atoms with E-state index in [1.165, 1.54) is 0 Å². The molecule has 0 spiro atoms. The van der Waals surface area contributed by atoms with Gasteiger partial charge in [-0.3, -0.25) is 4.98 Å². The second-order valence-corrected chi connectivity index (χ2v) is 3.16. The van der Waals surface area contributed by atoms with Gasteiger partial charge in [0, 0.05) is 11.6 Å². The van der Waals surface area contributed by atoms with Crippen LogP contribution in [0.15, 0.2) is 30.5 Å². The molecule has 12 heavy (non-hydrogen) atoms. The van der Waals surface area contributed by atoms with Gasteiger partial charge in [-0.1, -0.05) is 29.8 Å². The zero-order valence-electron chi connectivity index (χ0n) is 6.71. The second kappa shape index (κ2) is 2.76. The van der Waals surface area contributed by atoms with Crippen LogP contribution in [0.1, 0.15) is 5.56 Å². The van der Waals surface area contributed by atoms with Crippen LogP contribution in [0.25, 0.3) is 10.9 Å². The lowest BCUT2D eigenvalue weighted by Gasteiger charge is -2.01. The first kappa shape index (κ1) is 7.56. The van der Waals surface area contributed by atoms with Crippen LogP contribution in [0.3, 0.4) is 0 Å². The first-order valence-electron chi connectivity index (χ1n) is 3.79. The van der Waals surface area contributed by atoms with Crippen LogP contribution in [-0.2, 0) is 0 Å². The van der Waals surface area contributed by atoms with Gasteiger partial charge >= 0.3 is 0 Å². The molecule has 0 saturated heterocycles. The summed E-state index contributed by atoms with van der Waals surface area (Å²) in [4.78, 5) is 4.21. The van der Waals surface area contributed by atoms with E-state index in [0.29, 0.717) is 0 Å². The van der Waals surface area contributed by atoms with E-state index in [4.69, 9.17) is 11.6 Å². The molecule has 0 fully saturated rings. The van der Waals surface area contributed by atoms with Crippen molar-refractivity contribution in [1.29, 1.82) is 0 Å². The molecule has 0 saturated carbocycles. The van der Waals surface area contributed by atoms with Gasteiger partial charge in [-0.15, -0.1) is 0 Å². The monoisotopic (exact) mass is 177 g/mol. The van der Waals surface area contributed by atoms with Crippen molar-refractivity contribution < 1.29 is 0 Å². The summed E-state index contributed by atoms with van der Waals surface area (Å²) in [6.07, 6.45) is 1.69. The second-order valence-electron chi connectivity index (χ2n) is 2.75. The summed E-state index contributed by atoms with van der Waals surface area (Å²) in [5.74, 6) is 0. The van der Waals surface area contributed by atoms with Gasteiger partial charge in [0.15, 0.2) is 0 Å². The molecule has 2 heteroatoms. The molecule has 60 valence electrons. The fraction of sp³-hybridized carbons (Fsp3) is 0.100. The molecule has 2 aromatic rings. The highest BCUT2D eigenvalue weighted by molar-refractivity contribution is 6.32. The Morgan fingerprint density at radius 1 is 1.25 bits per heavy atom. The zero-order chi connectivity index (χ0) is 8.55. The van der Waals surface area contributed by atoms with Crippen molar-refractivity contribution in [3.8, 4) is 0 Å². The van der Waals surface area contributed by atoms with E-state index in [0.717, 1.165) is 21.5 Å². The Morgan fingerprint density at radius 3 is 2.83 bits per heavy atom. The van der Waals surface area contributed by atoms with Crippen LogP contribution in [0, 0.1) is 6.92 Å². The summed E-state index contributed by atoms with van der Waals surface area (Å²) < 4.78 is 0. The Kier molecular flexibility index (Phi) is 1.74. The minimum absolute atomic E-state index is 0.730. The van der Waals surface area contributed by atoms with Crippen LogP contribution in [0.4, 0.5) is 0 Å². The smallest absolute Gasteiger partial charge is 0.0705 e. The fourth-order valence-electron chi connectivity index (χ4n) is 1.26. The Hall–Kier alpha value is -1.08. The lowest BCUT2D eigenvalue weighted by molar-refractivity contribution is 1.37. The van der Waals surface area contributed by atoms with E-state index >= 15 is 0 Å². The molecule has 1 aromatic heterocycles. The molecule has 0 N–H and O–H groups in total. The van der Waals surface area contributed by atoms with Crippen molar-refractivity contribution >= 4 is 22.5 Å². The van der Waals surface area contributed by atoms with E-state index < -0.39 is 0 Å². The highest BCUT2D eigenvalue weighted by atomic mass is 35.5. The molecule has 0 aliphatic rings. The van der Waals surface area contributed by atoms with Crippen molar-refractivity contribution in [3.63, 3.8) is 0 Å². The predicted molar refractivity (Wildman–Crippen MR) is 51.5 cm³/mol. The number of hydrogen-bond donors (Lipinski definition) is 0. The van der Waals surface area contributed by atoms with E-state index in [1.54, 1.807) is 6.20 Å². The van der Waals surface area contributed by atoms with Gasteiger partial charge in [-0.25, -0.2) is 0 Å². The topological polar surface area (TPSA) is 12.9 Å². The van der Waals surface area contributed by atoms with Gasteiger partial charge in [0.05, 0.1) is 10.5 Å². The van der Waals surface area contributed by atoms with Crippen molar-refractivity contribution in [1.82, 2.24) is 4.98 Å². The van der Waals surface area contributed by atoms with E-state index in [9.17, 15) is 0 Å². The van der Waals surface area contributed by atoms with Gasteiger partial charge < -0.3 is 0 Å². The molecule has 0 radical (unpaired) electrons. The highest BCUT2D eigenvalue weighted by Crippen LogP contribution is 2.22. The summed E-state index contributed by atoms with van der Waals surface area (Å²) in [6, 6.07) is 7.98. The number of hydrogen-bond acceptors (Lipinski definition) is 1. The minimum Gasteiger partial charge on any atom is -0.255 e. The summed E-state index contributed by atoms with van der Waals surface area (Å²) >= 11 is 5.93. The Labute approximate surface area is 76.0 Å². The van der Waals surface area contributed by atoms with Crippen LogP contribution >= 0.6 is 11.6 Å². The van der Waals surface area contributed by atoms with E-state index in [1.807, 2.05) is 31.2 Å². The molecule has 0 unspecified atom stereocenters. The van der Waals surface area contributed by atoms with E-state index in [2.05, 4.69) is 4.98 Å². The molecular formula is C10H8ClN. The third-order valence-corrected chi connectivity index (χ3v) is 2.36. The number of aromatic nitrogens is 1. The molecule has 0 bridgehead atoms. The van der Waals surface area contributed by atoms with Crippen LogP contribution in [0.5, 0.6) is 0 Å². The molecule has 1 nitrogen and oxygen atoms in total. The summed E-state index contributed by atoms with van der Waals surface area (Å²) in [7, 11) is 0. The van der Waals surface area contributed by atoms with Crippen molar-refractivity contribution in [2.24, 2.45) is 0 Å².